The van der Waals surface area contributed by atoms with Gasteiger partial charge in [0.05, 0.1) is 4.88 Å². The maximum absolute atomic E-state index is 10.6. The highest BCUT2D eigenvalue weighted by Gasteiger charge is 2.38. The number of carboxylic acids is 1. The summed E-state index contributed by atoms with van der Waals surface area (Å²) in [6, 6.07) is 4.08. The summed E-state index contributed by atoms with van der Waals surface area (Å²) in [6.07, 6.45) is -2.20. The maximum atomic E-state index is 10.6. The second-order valence-electron chi connectivity index (χ2n) is 6.89. The van der Waals surface area contributed by atoms with E-state index in [1.54, 1.807) is 22.7 Å². The number of carboxylic acid groups (broad SMARTS) is 1. The van der Waals surface area contributed by atoms with Gasteiger partial charge in [0.15, 0.2) is 0 Å². The van der Waals surface area contributed by atoms with Gasteiger partial charge in [-0.25, -0.2) is 9.78 Å². The molecule has 0 atom stereocenters. The Morgan fingerprint density at radius 3 is 2.76 bits per heavy atom. The van der Waals surface area contributed by atoms with Crippen LogP contribution in [0.1, 0.15) is 16.8 Å². The molecule has 0 fully saturated rings. The molecule has 0 unspecified atom stereocenters. The third-order valence-corrected chi connectivity index (χ3v) is 6.56. The minimum atomic E-state index is -5.08. The molecule has 1 aliphatic rings. The van der Waals surface area contributed by atoms with E-state index in [4.69, 9.17) is 14.4 Å². The standard InChI is InChI=1S/C18H15N5OS2.C2HF3O2/c1-10-15(12-4-5-19-7-11(12)8-20-10)16-22-17(24-23-16)13-9-26-18(21-13)14-3-2-6-25-14;3-2(4,5)1(6)7/h2-3,6,8-9,19H,4-5,7H2,1H3;(H,6,7). The lowest BCUT2D eigenvalue weighted by molar-refractivity contribution is -0.192. The normalized spacial score (nSPS) is 13.2. The van der Waals surface area contributed by atoms with Crippen LogP contribution in [0.3, 0.4) is 0 Å². The molecule has 0 aromatic carbocycles. The summed E-state index contributed by atoms with van der Waals surface area (Å²) >= 11 is 3.26. The van der Waals surface area contributed by atoms with Crippen molar-refractivity contribution in [3.05, 3.63) is 45.9 Å². The van der Waals surface area contributed by atoms with Gasteiger partial charge in [-0.2, -0.15) is 18.2 Å². The second-order valence-corrected chi connectivity index (χ2v) is 8.70. The summed E-state index contributed by atoms with van der Waals surface area (Å²) in [5.74, 6) is -1.72. The summed E-state index contributed by atoms with van der Waals surface area (Å²) in [5, 5.41) is 19.7. The number of thiophene rings is 1. The molecule has 8 nitrogen and oxygen atoms in total. The van der Waals surface area contributed by atoms with Crippen molar-refractivity contribution in [2.75, 3.05) is 6.54 Å². The van der Waals surface area contributed by atoms with Crippen molar-refractivity contribution < 1.29 is 27.6 Å². The molecule has 0 amide bonds. The molecule has 0 radical (unpaired) electrons. The SMILES string of the molecule is Cc1ncc2c(c1-c1noc(-c3csc(-c4cccs4)n3)n1)CCNC2.O=C(O)C(F)(F)F. The van der Waals surface area contributed by atoms with Crippen LogP contribution in [0, 0.1) is 6.92 Å². The third kappa shape index (κ3) is 5.10. The number of nitrogens with zero attached hydrogens (tertiary/aromatic N) is 4. The van der Waals surface area contributed by atoms with Crippen LogP contribution in [0.2, 0.25) is 0 Å². The van der Waals surface area contributed by atoms with E-state index < -0.39 is 12.1 Å². The number of halogens is 3. The van der Waals surface area contributed by atoms with Crippen LogP contribution in [-0.4, -0.2) is 43.9 Å². The zero-order chi connectivity index (χ0) is 23.6. The summed E-state index contributed by atoms with van der Waals surface area (Å²) < 4.78 is 37.3. The number of hydrogen-bond donors (Lipinski definition) is 2. The van der Waals surface area contributed by atoms with Crippen LogP contribution >= 0.6 is 22.7 Å². The largest absolute Gasteiger partial charge is 0.490 e. The van der Waals surface area contributed by atoms with Crippen molar-refractivity contribution in [2.24, 2.45) is 0 Å². The first kappa shape index (κ1) is 23.0. The lowest BCUT2D eigenvalue weighted by atomic mass is 9.95. The number of pyridine rings is 1. The molecule has 5 rings (SSSR count). The third-order valence-electron chi connectivity index (χ3n) is 4.68. The van der Waals surface area contributed by atoms with Gasteiger partial charge in [0.25, 0.3) is 5.89 Å². The number of thiazole rings is 1. The van der Waals surface area contributed by atoms with Gasteiger partial charge in [0.1, 0.15) is 10.7 Å². The summed E-state index contributed by atoms with van der Waals surface area (Å²) in [7, 11) is 0. The first-order valence-corrected chi connectivity index (χ1v) is 11.3. The molecule has 172 valence electrons. The average Bonchev–Trinajstić information content (AvgIpc) is 3.54. The molecule has 5 heterocycles. The highest BCUT2D eigenvalue weighted by molar-refractivity contribution is 7.20. The molecule has 4 aromatic rings. The van der Waals surface area contributed by atoms with Crippen molar-refractivity contribution in [1.82, 2.24) is 25.4 Å². The van der Waals surface area contributed by atoms with Crippen molar-refractivity contribution in [1.29, 1.82) is 0 Å². The van der Waals surface area contributed by atoms with Crippen LogP contribution in [0.4, 0.5) is 13.2 Å². The van der Waals surface area contributed by atoms with Gasteiger partial charge in [-0.15, -0.1) is 22.7 Å². The van der Waals surface area contributed by atoms with E-state index in [2.05, 4.69) is 31.5 Å². The quantitative estimate of drug-likeness (QED) is 0.425. The van der Waals surface area contributed by atoms with Gasteiger partial charge in [-0.1, -0.05) is 11.2 Å². The fraction of sp³-hybridized carbons (Fsp3) is 0.250. The van der Waals surface area contributed by atoms with E-state index in [0.717, 1.165) is 40.7 Å². The zero-order valence-corrected chi connectivity index (χ0v) is 18.6. The van der Waals surface area contributed by atoms with E-state index in [0.29, 0.717) is 17.4 Å². The second kappa shape index (κ2) is 9.37. The topological polar surface area (TPSA) is 114 Å². The Kier molecular flexibility index (Phi) is 6.54. The number of nitrogens with one attached hydrogen (secondary N) is 1. The molecular weight excluding hydrogens is 479 g/mol. The highest BCUT2D eigenvalue weighted by Crippen LogP contribution is 2.33. The van der Waals surface area contributed by atoms with Gasteiger partial charge in [0.2, 0.25) is 5.82 Å². The number of aryl methyl sites for hydroxylation is 1. The minimum Gasteiger partial charge on any atom is -0.475 e. The Bertz CT molecular complexity index is 1270. The highest BCUT2D eigenvalue weighted by atomic mass is 32.1. The number of alkyl halides is 3. The van der Waals surface area contributed by atoms with Gasteiger partial charge in [-0.3, -0.25) is 4.98 Å². The molecule has 0 saturated heterocycles. The number of carbonyl (C=O) groups is 1. The molecule has 13 heteroatoms. The molecular formula is C20H16F3N5O3S2. The van der Waals surface area contributed by atoms with E-state index in [1.165, 1.54) is 11.1 Å². The molecule has 4 aromatic heterocycles. The maximum Gasteiger partial charge on any atom is 0.490 e. The monoisotopic (exact) mass is 495 g/mol. The average molecular weight is 496 g/mol. The van der Waals surface area contributed by atoms with Crippen molar-refractivity contribution >= 4 is 28.6 Å². The van der Waals surface area contributed by atoms with Crippen LogP contribution in [0.25, 0.3) is 32.9 Å². The number of aliphatic carboxylic acids is 1. The molecule has 0 spiro atoms. The van der Waals surface area contributed by atoms with Crippen molar-refractivity contribution in [3.63, 3.8) is 0 Å². The lowest BCUT2D eigenvalue weighted by Gasteiger charge is -2.19. The van der Waals surface area contributed by atoms with Crippen molar-refractivity contribution in [3.8, 4) is 32.9 Å². The first-order chi connectivity index (χ1) is 15.7. The number of aromatic nitrogens is 4. The number of fused-ring (bicyclic) bond motifs is 1. The van der Waals surface area contributed by atoms with Crippen LogP contribution in [0.15, 0.2) is 33.6 Å². The fourth-order valence-electron chi connectivity index (χ4n) is 3.18. The van der Waals surface area contributed by atoms with Crippen molar-refractivity contribution in [2.45, 2.75) is 26.1 Å². The van der Waals surface area contributed by atoms with E-state index in [9.17, 15) is 13.2 Å². The predicted octanol–water partition coefficient (Wildman–Crippen LogP) is 4.57. The molecule has 1 aliphatic heterocycles. The van der Waals surface area contributed by atoms with E-state index in [1.807, 2.05) is 29.9 Å². The molecule has 0 bridgehead atoms. The van der Waals surface area contributed by atoms with Gasteiger partial charge < -0.3 is 14.9 Å². The Morgan fingerprint density at radius 1 is 1.27 bits per heavy atom. The van der Waals surface area contributed by atoms with Crippen LogP contribution in [0.5, 0.6) is 0 Å². The molecule has 0 saturated carbocycles. The fourth-order valence-corrected chi connectivity index (χ4v) is 4.79. The minimum absolute atomic E-state index is 0.449. The van der Waals surface area contributed by atoms with Gasteiger partial charge in [0, 0.05) is 29.4 Å². The van der Waals surface area contributed by atoms with Crippen LogP contribution in [-0.2, 0) is 17.8 Å². The lowest BCUT2D eigenvalue weighted by Crippen LogP contribution is -2.24. The predicted molar refractivity (Wildman–Crippen MR) is 116 cm³/mol. The Morgan fingerprint density at radius 2 is 2.06 bits per heavy atom. The van der Waals surface area contributed by atoms with E-state index >= 15 is 0 Å². The molecule has 33 heavy (non-hydrogen) atoms. The Labute approximate surface area is 193 Å². The Balaban J connectivity index is 0.000000325. The Hall–Kier alpha value is -3.16. The van der Waals surface area contributed by atoms with E-state index in [-0.39, 0.29) is 0 Å². The summed E-state index contributed by atoms with van der Waals surface area (Å²) in [6.45, 7) is 3.77. The van der Waals surface area contributed by atoms with Gasteiger partial charge in [-0.05, 0) is 42.5 Å². The summed E-state index contributed by atoms with van der Waals surface area (Å²) in [5.41, 5.74) is 5.11. The first-order valence-electron chi connectivity index (χ1n) is 9.56. The number of hydrogen-bond acceptors (Lipinski definition) is 9. The molecule has 2 N–H and O–H groups in total. The smallest absolute Gasteiger partial charge is 0.475 e. The molecule has 0 aliphatic carbocycles. The van der Waals surface area contributed by atoms with Gasteiger partial charge >= 0.3 is 12.1 Å². The van der Waals surface area contributed by atoms with Crippen LogP contribution < -0.4 is 5.32 Å². The summed E-state index contributed by atoms with van der Waals surface area (Å²) in [4.78, 5) is 23.8. The zero-order valence-electron chi connectivity index (χ0n) is 17.0. The number of rotatable bonds is 3.